The van der Waals surface area contributed by atoms with Crippen LogP contribution in [0.25, 0.3) is 0 Å². The van der Waals surface area contributed by atoms with Crippen LogP contribution >= 0.6 is 0 Å². The summed E-state index contributed by atoms with van der Waals surface area (Å²) in [6, 6.07) is 0. The van der Waals surface area contributed by atoms with E-state index in [0.29, 0.717) is 11.8 Å². The Balaban J connectivity index is 1.24. The Labute approximate surface area is 270 Å². The predicted molar refractivity (Wildman–Crippen MR) is 168 cm³/mol. The maximum Gasteiger partial charge on any atom is 0.186 e. The van der Waals surface area contributed by atoms with Gasteiger partial charge in [-0.05, 0) is 124 Å². The summed E-state index contributed by atoms with van der Waals surface area (Å²) < 4.78 is 18.9. The van der Waals surface area contributed by atoms with Crippen LogP contribution in [-0.2, 0) is 14.2 Å². The third-order valence-electron chi connectivity index (χ3n) is 15.3. The molecule has 5 unspecified atom stereocenters. The molecule has 9 heteroatoms. The number of hydrogen-bond donors (Lipinski definition) is 6. The summed E-state index contributed by atoms with van der Waals surface area (Å²) in [6.45, 7) is 17.3. The van der Waals surface area contributed by atoms with Crippen LogP contribution in [0, 0.1) is 45.3 Å². The van der Waals surface area contributed by atoms with Gasteiger partial charge in [-0.3, -0.25) is 0 Å². The van der Waals surface area contributed by atoms with Gasteiger partial charge in [-0.25, -0.2) is 0 Å². The van der Waals surface area contributed by atoms with Gasteiger partial charge in [-0.15, -0.1) is 0 Å². The molecule has 16 atom stereocenters. The van der Waals surface area contributed by atoms with Crippen LogP contribution in [-0.4, -0.2) is 97.5 Å². The van der Waals surface area contributed by atoms with E-state index >= 15 is 0 Å². The summed E-state index contributed by atoms with van der Waals surface area (Å²) >= 11 is 0. The minimum atomic E-state index is -1.47. The molecule has 0 aromatic rings. The molecule has 6 fully saturated rings. The van der Waals surface area contributed by atoms with Crippen molar-refractivity contribution in [1.82, 2.24) is 0 Å². The Morgan fingerprint density at radius 3 is 2.07 bits per heavy atom. The molecule has 6 N–H and O–H groups in total. The lowest BCUT2D eigenvalue weighted by molar-refractivity contribution is -0.333. The van der Waals surface area contributed by atoms with E-state index in [1.54, 1.807) is 0 Å². The number of fused-ring (bicyclic) bond motifs is 5. The molecule has 260 valence electrons. The number of aliphatic hydroxyl groups is 6. The molecule has 0 amide bonds. The van der Waals surface area contributed by atoms with Gasteiger partial charge in [0.25, 0.3) is 0 Å². The van der Waals surface area contributed by atoms with Gasteiger partial charge in [0, 0.05) is 0 Å². The van der Waals surface area contributed by atoms with E-state index in [1.165, 1.54) is 0 Å². The van der Waals surface area contributed by atoms with E-state index in [9.17, 15) is 30.6 Å². The maximum atomic E-state index is 12.3. The van der Waals surface area contributed by atoms with Gasteiger partial charge < -0.3 is 44.8 Å². The molecule has 45 heavy (non-hydrogen) atoms. The zero-order valence-electron chi connectivity index (χ0n) is 28.9. The third-order valence-corrected chi connectivity index (χ3v) is 15.3. The molecule has 0 radical (unpaired) electrons. The molecule has 0 bridgehead atoms. The number of hydrogen-bond acceptors (Lipinski definition) is 9. The highest BCUT2D eigenvalue weighted by molar-refractivity contribution is 5.21. The second kappa shape index (κ2) is 11.1. The quantitative estimate of drug-likeness (QED) is 0.249. The molecule has 4 saturated carbocycles. The van der Waals surface area contributed by atoms with Crippen molar-refractivity contribution in [2.45, 2.75) is 173 Å². The van der Waals surface area contributed by atoms with Crippen molar-refractivity contribution in [2.75, 3.05) is 6.61 Å². The van der Waals surface area contributed by atoms with Gasteiger partial charge in [0.05, 0.1) is 36.1 Å². The van der Waals surface area contributed by atoms with E-state index in [1.807, 2.05) is 13.8 Å². The minimum absolute atomic E-state index is 0.0407. The first-order valence-corrected chi connectivity index (χ1v) is 17.8. The number of ether oxygens (including phenoxy) is 3. The molecule has 2 aliphatic heterocycles. The third kappa shape index (κ3) is 4.95. The summed E-state index contributed by atoms with van der Waals surface area (Å²) in [6.07, 6.45) is 1.15. The van der Waals surface area contributed by atoms with Gasteiger partial charge in [-0.1, -0.05) is 34.6 Å². The Bertz CT molecular complexity index is 1110. The van der Waals surface area contributed by atoms with Crippen LogP contribution < -0.4 is 0 Å². The van der Waals surface area contributed by atoms with Crippen molar-refractivity contribution in [3.05, 3.63) is 0 Å². The van der Waals surface area contributed by atoms with Crippen molar-refractivity contribution < 1.29 is 44.8 Å². The van der Waals surface area contributed by atoms with Gasteiger partial charge in [0.15, 0.2) is 6.29 Å². The monoisotopic (exact) mass is 638 g/mol. The van der Waals surface area contributed by atoms with Crippen molar-refractivity contribution >= 4 is 0 Å². The molecule has 2 heterocycles. The van der Waals surface area contributed by atoms with Gasteiger partial charge in [-0.2, -0.15) is 0 Å². The van der Waals surface area contributed by atoms with Gasteiger partial charge >= 0.3 is 0 Å². The number of aliphatic hydroxyl groups excluding tert-OH is 5. The van der Waals surface area contributed by atoms with E-state index in [2.05, 4.69) is 41.5 Å². The lowest BCUT2D eigenvalue weighted by Gasteiger charge is -2.71. The van der Waals surface area contributed by atoms with Crippen molar-refractivity contribution in [3.63, 3.8) is 0 Å². The smallest absolute Gasteiger partial charge is 0.186 e. The first-order valence-electron chi connectivity index (χ1n) is 17.8. The van der Waals surface area contributed by atoms with Crippen molar-refractivity contribution in [1.29, 1.82) is 0 Å². The molecular weight excluding hydrogens is 576 g/mol. The van der Waals surface area contributed by atoms with Crippen molar-refractivity contribution in [2.24, 2.45) is 45.3 Å². The van der Waals surface area contributed by atoms with Crippen LogP contribution in [0.1, 0.15) is 113 Å². The molecule has 0 spiro atoms. The largest absolute Gasteiger partial charge is 0.394 e. The normalized spacial score (nSPS) is 56.4. The highest BCUT2D eigenvalue weighted by atomic mass is 16.7. The number of rotatable bonds is 5. The minimum Gasteiger partial charge on any atom is -0.394 e. The zero-order chi connectivity index (χ0) is 33.1. The molecule has 0 aromatic heterocycles. The fraction of sp³-hybridized carbons (Fsp3) is 1.00. The Hall–Kier alpha value is -0.360. The summed E-state index contributed by atoms with van der Waals surface area (Å²) in [5.74, 6) is 1.12. The first-order chi connectivity index (χ1) is 20.7. The average molecular weight is 639 g/mol. The maximum absolute atomic E-state index is 12.3. The highest BCUT2D eigenvalue weighted by Crippen LogP contribution is 2.76. The van der Waals surface area contributed by atoms with E-state index < -0.39 is 49.0 Å². The SMILES string of the molecule is CC(C)(O)[C@@H]1CCC(C)([C@H]2CC[C@]3(C)C2CC(O)C2[C@@]4(C)CC[C@@H](O[C@@H]5O[C@H](CO)[C@@H](O)[C@H](O)[C@H]5O)C(C)(C)C4CC[C@]23C)O1. The van der Waals surface area contributed by atoms with E-state index in [4.69, 9.17) is 14.2 Å². The molecule has 4 aliphatic carbocycles. The first kappa shape index (κ1) is 34.5. The molecule has 2 saturated heterocycles. The topological polar surface area (TPSA) is 149 Å². The lowest BCUT2D eigenvalue weighted by atomic mass is 9.35. The Morgan fingerprint density at radius 2 is 1.44 bits per heavy atom. The Morgan fingerprint density at radius 1 is 0.778 bits per heavy atom. The summed E-state index contributed by atoms with van der Waals surface area (Å²) in [5.41, 5.74) is -1.55. The molecule has 6 aliphatic rings. The van der Waals surface area contributed by atoms with Crippen LogP contribution in [0.3, 0.4) is 0 Å². The van der Waals surface area contributed by atoms with Crippen LogP contribution in [0.2, 0.25) is 0 Å². The zero-order valence-corrected chi connectivity index (χ0v) is 28.9. The fourth-order valence-electron chi connectivity index (χ4n) is 12.7. The molecule has 6 rings (SSSR count). The van der Waals surface area contributed by atoms with Crippen LogP contribution in [0.4, 0.5) is 0 Å². The predicted octanol–water partition coefficient (Wildman–Crippen LogP) is 3.54. The lowest BCUT2D eigenvalue weighted by Crippen LogP contribution is -2.68. The fourth-order valence-corrected chi connectivity index (χ4v) is 12.7. The Kier molecular flexibility index (Phi) is 8.49. The van der Waals surface area contributed by atoms with Crippen LogP contribution in [0.15, 0.2) is 0 Å². The molecular formula is C36H62O9. The van der Waals surface area contributed by atoms with Gasteiger partial charge in [0.1, 0.15) is 24.4 Å². The van der Waals surface area contributed by atoms with E-state index in [-0.39, 0.29) is 51.3 Å². The summed E-state index contributed by atoms with van der Waals surface area (Å²) in [5, 5.41) is 64.0. The second-order valence-corrected chi connectivity index (χ2v) is 18.3. The van der Waals surface area contributed by atoms with Gasteiger partial charge in [0.2, 0.25) is 0 Å². The van der Waals surface area contributed by atoms with Crippen molar-refractivity contribution in [3.8, 4) is 0 Å². The molecule has 0 aromatic carbocycles. The molecule has 9 nitrogen and oxygen atoms in total. The highest BCUT2D eigenvalue weighted by Gasteiger charge is 2.72. The van der Waals surface area contributed by atoms with E-state index in [0.717, 1.165) is 57.8 Å². The summed E-state index contributed by atoms with van der Waals surface area (Å²) in [7, 11) is 0. The van der Waals surface area contributed by atoms with Crippen LogP contribution in [0.5, 0.6) is 0 Å². The average Bonchev–Trinajstić information content (AvgIpc) is 3.52. The summed E-state index contributed by atoms with van der Waals surface area (Å²) in [4.78, 5) is 0. The second-order valence-electron chi connectivity index (χ2n) is 18.3. The standard InChI is InChI=1S/C36H62O9/c1-31(2)23-10-15-35(7)29(33(23,5)13-11-24(31)44-30-28(41)27(40)26(39)22(18-37)43-30)21(38)17-20-19(9-14-34(20,35)6)36(8)16-12-25(45-36)32(3,4)42/h19-30,37-42H,9-18H2,1-8H3/t19-,20?,21?,22+,23?,24+,25-,26+,27-,28+,29?,30-,33-,34+,35+,36?/m0/s1.